The van der Waals surface area contributed by atoms with Crippen LogP contribution in [0.25, 0.3) is 23.2 Å². The number of carbonyl (C=O) groups excluding carboxylic acids is 2. The monoisotopic (exact) mass is 448 g/mol. The van der Waals surface area contributed by atoms with E-state index < -0.39 is 0 Å². The highest BCUT2D eigenvalue weighted by atomic mass is 16.1. The van der Waals surface area contributed by atoms with E-state index in [1.165, 1.54) is 12.2 Å². The quantitative estimate of drug-likeness (QED) is 0.421. The molecule has 34 heavy (non-hydrogen) atoms. The van der Waals surface area contributed by atoms with Gasteiger partial charge in [-0.2, -0.15) is 0 Å². The zero-order valence-corrected chi connectivity index (χ0v) is 20.5. The van der Waals surface area contributed by atoms with Crippen molar-refractivity contribution in [1.29, 1.82) is 0 Å². The predicted molar refractivity (Wildman–Crippen MR) is 138 cm³/mol. The molecule has 0 spiro atoms. The minimum Gasteiger partial charge on any atom is -0.289 e. The number of aromatic nitrogens is 2. The minimum absolute atomic E-state index is 0.149. The van der Waals surface area contributed by atoms with E-state index in [9.17, 15) is 9.59 Å². The van der Waals surface area contributed by atoms with E-state index in [0.717, 1.165) is 33.4 Å². The van der Waals surface area contributed by atoms with Gasteiger partial charge in [0.25, 0.3) is 0 Å². The Kier molecular flexibility index (Phi) is 6.25. The molecule has 4 nitrogen and oxygen atoms in total. The molecule has 0 radical (unpaired) electrons. The summed E-state index contributed by atoms with van der Waals surface area (Å²) in [6, 6.07) is 15.5. The molecule has 0 saturated heterocycles. The number of fused-ring (bicyclic) bond motifs is 1. The van der Waals surface area contributed by atoms with Gasteiger partial charge >= 0.3 is 0 Å². The first-order valence-electron chi connectivity index (χ1n) is 11.3. The van der Waals surface area contributed by atoms with Gasteiger partial charge in [-0.3, -0.25) is 9.59 Å². The molecule has 4 rings (SSSR count). The lowest BCUT2D eigenvalue weighted by atomic mass is 9.96. The number of nitrogens with zero attached hydrogens (tertiary/aromatic N) is 2. The van der Waals surface area contributed by atoms with Crippen molar-refractivity contribution in [3.63, 3.8) is 0 Å². The maximum atomic E-state index is 13.3. The number of aryl methyl sites for hydroxylation is 6. The smallest absolute Gasteiger partial charge is 0.188 e. The van der Waals surface area contributed by atoms with Crippen LogP contribution in [0.2, 0.25) is 0 Å². The lowest BCUT2D eigenvalue weighted by molar-refractivity contribution is 0.105. The molecule has 3 aromatic carbocycles. The number of ketones is 2. The van der Waals surface area contributed by atoms with Crippen LogP contribution in [0.15, 0.2) is 48.5 Å². The Morgan fingerprint density at radius 2 is 0.912 bits per heavy atom. The second kappa shape index (κ2) is 9.14. The van der Waals surface area contributed by atoms with Crippen LogP contribution in [0, 0.1) is 41.5 Å². The maximum Gasteiger partial charge on any atom is 0.188 e. The fraction of sp³-hybridized carbons (Fsp3) is 0.200. The van der Waals surface area contributed by atoms with Crippen molar-refractivity contribution < 1.29 is 9.59 Å². The summed E-state index contributed by atoms with van der Waals surface area (Å²) in [4.78, 5) is 36.1. The third-order valence-electron chi connectivity index (χ3n) is 6.01. The van der Waals surface area contributed by atoms with Gasteiger partial charge in [0.2, 0.25) is 0 Å². The molecular formula is C30H28N2O2. The molecule has 0 aliphatic carbocycles. The van der Waals surface area contributed by atoms with Crippen molar-refractivity contribution in [2.75, 3.05) is 0 Å². The fourth-order valence-electron chi connectivity index (χ4n) is 4.77. The van der Waals surface area contributed by atoms with Crippen molar-refractivity contribution in [2.45, 2.75) is 41.5 Å². The van der Waals surface area contributed by atoms with Crippen molar-refractivity contribution >= 4 is 34.8 Å². The summed E-state index contributed by atoms with van der Waals surface area (Å²) in [6.07, 6.45) is 3.00. The Morgan fingerprint density at radius 3 is 1.24 bits per heavy atom. The Bertz CT molecular complexity index is 1430. The minimum atomic E-state index is -0.149. The van der Waals surface area contributed by atoms with E-state index in [-0.39, 0.29) is 11.6 Å². The SMILES string of the molecule is Cc1cc(C)c(C(=O)/C=c2\nc3ccccc3n\c2=C\C(=O)c2c(C)cc(C)cc2C)c(C)c1. The average Bonchev–Trinajstić information content (AvgIpc) is 2.72. The van der Waals surface area contributed by atoms with Crippen molar-refractivity contribution in [3.8, 4) is 0 Å². The summed E-state index contributed by atoms with van der Waals surface area (Å²) < 4.78 is 0. The molecule has 0 bridgehead atoms. The molecule has 0 saturated carbocycles. The molecule has 0 N–H and O–H groups in total. The van der Waals surface area contributed by atoms with Crippen molar-refractivity contribution in [2.24, 2.45) is 0 Å². The van der Waals surface area contributed by atoms with Gasteiger partial charge in [-0.25, -0.2) is 9.97 Å². The topological polar surface area (TPSA) is 59.9 Å². The molecule has 1 heterocycles. The van der Waals surface area contributed by atoms with Gasteiger partial charge in [-0.05, 0) is 75.9 Å². The van der Waals surface area contributed by atoms with Gasteiger partial charge in [-0.15, -0.1) is 0 Å². The van der Waals surface area contributed by atoms with Crippen LogP contribution in [-0.4, -0.2) is 21.5 Å². The van der Waals surface area contributed by atoms with Crippen LogP contribution in [0.3, 0.4) is 0 Å². The highest BCUT2D eigenvalue weighted by Gasteiger charge is 2.13. The molecule has 170 valence electrons. The zero-order chi connectivity index (χ0) is 24.6. The predicted octanol–water partition coefficient (Wildman–Crippen LogP) is 4.81. The standard InChI is InChI=1S/C30H28N2O2/c1-17-11-19(3)29(20(4)12-17)27(33)15-25-26(32-24-10-8-7-9-23(24)31-25)16-28(34)30-21(5)13-18(2)14-22(30)6/h7-16H,1-6H3/b25-15-,26-16+. The summed E-state index contributed by atoms with van der Waals surface area (Å²) in [5, 5.41) is 0.776. The van der Waals surface area contributed by atoms with Gasteiger partial charge in [0.1, 0.15) is 0 Å². The van der Waals surface area contributed by atoms with Gasteiger partial charge in [0, 0.05) is 23.3 Å². The molecule has 0 atom stereocenters. The first-order chi connectivity index (χ1) is 16.1. The molecule has 0 amide bonds. The normalized spacial score (nSPS) is 12.4. The second-order valence-corrected chi connectivity index (χ2v) is 9.05. The van der Waals surface area contributed by atoms with Gasteiger partial charge in [0.05, 0.1) is 21.7 Å². The van der Waals surface area contributed by atoms with Gasteiger partial charge in [-0.1, -0.05) is 47.5 Å². The number of para-hydroxylation sites is 2. The third-order valence-corrected chi connectivity index (χ3v) is 6.01. The highest BCUT2D eigenvalue weighted by Crippen LogP contribution is 2.18. The first-order valence-corrected chi connectivity index (χ1v) is 11.3. The van der Waals surface area contributed by atoms with E-state index in [4.69, 9.17) is 9.97 Å². The summed E-state index contributed by atoms with van der Waals surface area (Å²) >= 11 is 0. The van der Waals surface area contributed by atoms with Gasteiger partial charge < -0.3 is 0 Å². The lowest BCUT2D eigenvalue weighted by Gasteiger charge is -2.09. The van der Waals surface area contributed by atoms with Crippen LogP contribution >= 0.6 is 0 Å². The first kappa shape index (κ1) is 23.2. The van der Waals surface area contributed by atoms with E-state index in [2.05, 4.69) is 0 Å². The Balaban J connectivity index is 1.95. The molecule has 0 unspecified atom stereocenters. The highest BCUT2D eigenvalue weighted by molar-refractivity contribution is 6.20. The lowest BCUT2D eigenvalue weighted by Crippen LogP contribution is -2.34. The molecule has 4 heteroatoms. The summed E-state index contributed by atoms with van der Waals surface area (Å²) in [7, 11) is 0. The zero-order valence-electron chi connectivity index (χ0n) is 20.5. The van der Waals surface area contributed by atoms with Crippen LogP contribution in [0.4, 0.5) is 0 Å². The van der Waals surface area contributed by atoms with E-state index >= 15 is 0 Å². The molecule has 0 aliphatic rings. The molecule has 1 aromatic heterocycles. The van der Waals surface area contributed by atoms with Crippen molar-refractivity contribution in [1.82, 2.24) is 9.97 Å². The fourth-order valence-corrected chi connectivity index (χ4v) is 4.77. The second-order valence-electron chi connectivity index (χ2n) is 9.05. The average molecular weight is 449 g/mol. The van der Waals surface area contributed by atoms with Crippen LogP contribution in [0.5, 0.6) is 0 Å². The molecule has 0 aliphatic heterocycles. The number of Topliss-reactive ketones (excluding diaryl/α,β-unsaturated/α-hetero) is 2. The summed E-state index contributed by atoms with van der Waals surface area (Å²) in [6.45, 7) is 11.8. The Hall–Kier alpha value is -3.92. The third kappa shape index (κ3) is 4.58. The van der Waals surface area contributed by atoms with Crippen LogP contribution in [0.1, 0.15) is 54.1 Å². The largest absolute Gasteiger partial charge is 0.289 e. The number of hydrogen-bond donors (Lipinski definition) is 0. The molecule has 0 fully saturated rings. The maximum absolute atomic E-state index is 13.3. The number of benzene rings is 3. The number of hydrogen-bond acceptors (Lipinski definition) is 4. The Labute approximate surface area is 199 Å². The van der Waals surface area contributed by atoms with Crippen molar-refractivity contribution in [3.05, 3.63) is 104 Å². The molecule has 4 aromatic rings. The summed E-state index contributed by atoms with van der Waals surface area (Å²) in [5.41, 5.74) is 8.55. The van der Waals surface area contributed by atoms with Crippen LogP contribution < -0.4 is 10.7 Å². The van der Waals surface area contributed by atoms with Gasteiger partial charge in [0.15, 0.2) is 11.6 Å². The van der Waals surface area contributed by atoms with Crippen LogP contribution in [-0.2, 0) is 0 Å². The van der Waals surface area contributed by atoms with E-state index in [1.54, 1.807) is 0 Å². The number of rotatable bonds is 4. The van der Waals surface area contributed by atoms with E-state index in [1.807, 2.05) is 90.1 Å². The Morgan fingerprint density at radius 1 is 0.588 bits per heavy atom. The summed E-state index contributed by atoms with van der Waals surface area (Å²) in [5.74, 6) is -0.297. The molecular weight excluding hydrogens is 420 g/mol. The van der Waals surface area contributed by atoms with E-state index in [0.29, 0.717) is 32.9 Å². The number of carbonyl (C=O) groups is 2.